The minimum atomic E-state index is -0.152. The van der Waals surface area contributed by atoms with Gasteiger partial charge in [0.15, 0.2) is 5.65 Å². The van der Waals surface area contributed by atoms with E-state index >= 15 is 0 Å². The molecule has 0 aliphatic rings. The third kappa shape index (κ3) is 3.08. The van der Waals surface area contributed by atoms with E-state index in [0.29, 0.717) is 12.1 Å². The molecule has 2 aromatic heterocycles. The van der Waals surface area contributed by atoms with Crippen molar-refractivity contribution >= 4 is 22.6 Å². The van der Waals surface area contributed by atoms with E-state index in [1.54, 1.807) is 19.3 Å². The first-order valence-electron chi connectivity index (χ1n) is 6.36. The van der Waals surface area contributed by atoms with Gasteiger partial charge in [0, 0.05) is 23.9 Å². The molecule has 0 aliphatic carbocycles. The first-order chi connectivity index (χ1) is 8.97. The van der Waals surface area contributed by atoms with Crippen molar-refractivity contribution in [3.63, 3.8) is 0 Å². The van der Waals surface area contributed by atoms with Crippen LogP contribution in [0, 0.1) is 0 Å². The summed E-state index contributed by atoms with van der Waals surface area (Å²) in [4.78, 5) is 16.0. The van der Waals surface area contributed by atoms with Crippen LogP contribution in [-0.2, 0) is 4.79 Å². The lowest BCUT2D eigenvalue weighted by Crippen LogP contribution is -2.24. The Morgan fingerprint density at radius 2 is 2.16 bits per heavy atom. The predicted octanol–water partition coefficient (Wildman–Crippen LogP) is 1.69. The summed E-state index contributed by atoms with van der Waals surface area (Å²) >= 11 is 0. The van der Waals surface area contributed by atoms with E-state index in [0.717, 1.165) is 11.0 Å². The zero-order valence-electron chi connectivity index (χ0n) is 11.4. The van der Waals surface area contributed by atoms with Gasteiger partial charge in [-0.15, -0.1) is 0 Å². The van der Waals surface area contributed by atoms with E-state index in [2.05, 4.69) is 15.4 Å². The van der Waals surface area contributed by atoms with Gasteiger partial charge in [-0.2, -0.15) is 5.10 Å². The Morgan fingerprint density at radius 3 is 2.79 bits per heavy atom. The van der Waals surface area contributed by atoms with Gasteiger partial charge in [0.05, 0.1) is 18.1 Å². The summed E-state index contributed by atoms with van der Waals surface area (Å²) in [6.45, 7) is 5.90. The number of nitrogens with zero attached hydrogens (tertiary/aromatic N) is 3. The lowest BCUT2D eigenvalue weighted by Gasteiger charge is -2.08. The number of hydrogen-bond acceptors (Lipinski definition) is 4. The van der Waals surface area contributed by atoms with Gasteiger partial charge >= 0.3 is 0 Å². The van der Waals surface area contributed by atoms with E-state index in [4.69, 9.17) is 5.73 Å². The number of nitrogens with two attached hydrogens (primary N) is 1. The van der Waals surface area contributed by atoms with Crippen molar-refractivity contribution in [3.8, 4) is 0 Å². The van der Waals surface area contributed by atoms with E-state index in [9.17, 15) is 4.79 Å². The molecule has 0 spiro atoms. The van der Waals surface area contributed by atoms with Crippen LogP contribution in [0.3, 0.4) is 0 Å². The van der Waals surface area contributed by atoms with Gasteiger partial charge in [0.1, 0.15) is 0 Å². The molecule has 2 aromatic rings. The quantitative estimate of drug-likeness (QED) is 0.877. The van der Waals surface area contributed by atoms with Crippen molar-refractivity contribution in [1.82, 2.24) is 14.8 Å². The molecule has 0 saturated carbocycles. The summed E-state index contributed by atoms with van der Waals surface area (Å²) < 4.78 is 1.85. The number of carbonyl (C=O) groups excluding carboxylic acids is 1. The van der Waals surface area contributed by atoms with Crippen molar-refractivity contribution in [3.05, 3.63) is 18.5 Å². The smallest absolute Gasteiger partial charge is 0.225 e. The fourth-order valence-electron chi connectivity index (χ4n) is 1.89. The SMILES string of the molecule is CC(N)CC(=O)Nc1cnc2c(cnn2C(C)C)c1. The van der Waals surface area contributed by atoms with Crippen LogP contribution < -0.4 is 11.1 Å². The van der Waals surface area contributed by atoms with E-state index in [-0.39, 0.29) is 18.0 Å². The Morgan fingerprint density at radius 1 is 1.42 bits per heavy atom. The van der Waals surface area contributed by atoms with Gasteiger partial charge in [-0.05, 0) is 26.8 Å². The van der Waals surface area contributed by atoms with E-state index in [1.165, 1.54) is 0 Å². The minimum absolute atomic E-state index is 0.104. The number of anilines is 1. The second kappa shape index (κ2) is 5.36. The summed E-state index contributed by atoms with van der Waals surface area (Å²) in [5.41, 5.74) is 7.07. The van der Waals surface area contributed by atoms with Crippen molar-refractivity contribution < 1.29 is 4.79 Å². The fraction of sp³-hybridized carbons (Fsp3) is 0.462. The first-order valence-corrected chi connectivity index (χ1v) is 6.36. The van der Waals surface area contributed by atoms with Gasteiger partial charge in [-0.25, -0.2) is 9.67 Å². The second-order valence-electron chi connectivity index (χ2n) is 5.05. The zero-order chi connectivity index (χ0) is 14.0. The van der Waals surface area contributed by atoms with Crippen molar-refractivity contribution in [2.75, 3.05) is 5.32 Å². The Balaban J connectivity index is 2.21. The van der Waals surface area contributed by atoms with Crippen LogP contribution in [-0.4, -0.2) is 26.7 Å². The largest absolute Gasteiger partial charge is 0.327 e. The summed E-state index contributed by atoms with van der Waals surface area (Å²) in [7, 11) is 0. The summed E-state index contributed by atoms with van der Waals surface area (Å²) in [5, 5.41) is 7.98. The van der Waals surface area contributed by atoms with Gasteiger partial charge in [-0.1, -0.05) is 0 Å². The monoisotopic (exact) mass is 261 g/mol. The third-order valence-corrected chi connectivity index (χ3v) is 2.71. The molecule has 2 heterocycles. The maximum absolute atomic E-state index is 11.6. The second-order valence-corrected chi connectivity index (χ2v) is 5.05. The maximum Gasteiger partial charge on any atom is 0.225 e. The van der Waals surface area contributed by atoms with Crippen LogP contribution in [0.4, 0.5) is 5.69 Å². The summed E-state index contributed by atoms with van der Waals surface area (Å²) in [6.07, 6.45) is 3.69. The number of hydrogen-bond donors (Lipinski definition) is 2. The molecule has 6 nitrogen and oxygen atoms in total. The molecule has 0 aromatic carbocycles. The number of nitrogens with one attached hydrogen (secondary N) is 1. The van der Waals surface area contributed by atoms with Crippen LogP contribution >= 0.6 is 0 Å². The van der Waals surface area contributed by atoms with Crippen LogP contribution in [0.5, 0.6) is 0 Å². The van der Waals surface area contributed by atoms with Gasteiger partial charge < -0.3 is 11.1 Å². The molecular formula is C13H19N5O. The summed E-state index contributed by atoms with van der Waals surface area (Å²) in [5.74, 6) is -0.104. The van der Waals surface area contributed by atoms with Crippen LogP contribution in [0.2, 0.25) is 0 Å². The molecule has 19 heavy (non-hydrogen) atoms. The number of pyridine rings is 1. The third-order valence-electron chi connectivity index (χ3n) is 2.71. The zero-order valence-corrected chi connectivity index (χ0v) is 11.4. The van der Waals surface area contributed by atoms with Crippen LogP contribution in [0.15, 0.2) is 18.5 Å². The summed E-state index contributed by atoms with van der Waals surface area (Å²) in [6, 6.07) is 1.97. The molecule has 0 aliphatic heterocycles. The molecule has 0 radical (unpaired) electrons. The molecule has 6 heteroatoms. The number of aromatic nitrogens is 3. The van der Waals surface area contributed by atoms with Crippen molar-refractivity contribution in [2.45, 2.75) is 39.3 Å². The van der Waals surface area contributed by atoms with E-state index in [1.807, 2.05) is 24.6 Å². The average molecular weight is 261 g/mol. The highest BCUT2D eigenvalue weighted by Crippen LogP contribution is 2.19. The lowest BCUT2D eigenvalue weighted by atomic mass is 10.2. The Kier molecular flexibility index (Phi) is 3.80. The molecule has 3 N–H and O–H groups in total. The first kappa shape index (κ1) is 13.5. The Labute approximate surface area is 112 Å². The molecule has 102 valence electrons. The molecule has 0 fully saturated rings. The van der Waals surface area contributed by atoms with Crippen molar-refractivity contribution in [1.29, 1.82) is 0 Å². The Bertz CT molecular complexity index is 588. The number of fused-ring (bicyclic) bond motifs is 1. The minimum Gasteiger partial charge on any atom is -0.327 e. The molecule has 0 bridgehead atoms. The Hall–Kier alpha value is -1.95. The highest BCUT2D eigenvalue weighted by atomic mass is 16.1. The topological polar surface area (TPSA) is 85.8 Å². The average Bonchev–Trinajstić information content (AvgIpc) is 2.70. The van der Waals surface area contributed by atoms with Gasteiger partial charge in [-0.3, -0.25) is 4.79 Å². The predicted molar refractivity (Wildman–Crippen MR) is 74.8 cm³/mol. The molecule has 1 atom stereocenters. The number of amides is 1. The van der Waals surface area contributed by atoms with E-state index < -0.39 is 0 Å². The van der Waals surface area contributed by atoms with Crippen LogP contribution in [0.25, 0.3) is 11.0 Å². The lowest BCUT2D eigenvalue weighted by molar-refractivity contribution is -0.116. The van der Waals surface area contributed by atoms with Crippen LogP contribution in [0.1, 0.15) is 33.2 Å². The standard InChI is InChI=1S/C13H19N5O/c1-8(2)18-13-10(6-16-18)5-11(7-15-13)17-12(19)4-9(3)14/h5-9H,4,14H2,1-3H3,(H,17,19). The normalized spacial score (nSPS) is 12.9. The molecule has 0 saturated heterocycles. The molecule has 2 rings (SSSR count). The molecule has 1 amide bonds. The molecular weight excluding hydrogens is 242 g/mol. The highest BCUT2D eigenvalue weighted by molar-refractivity contribution is 5.92. The van der Waals surface area contributed by atoms with Gasteiger partial charge in [0.25, 0.3) is 0 Å². The maximum atomic E-state index is 11.6. The highest BCUT2D eigenvalue weighted by Gasteiger charge is 2.10. The van der Waals surface area contributed by atoms with Gasteiger partial charge in [0.2, 0.25) is 5.91 Å². The number of rotatable bonds is 4. The number of carbonyl (C=O) groups is 1. The fourth-order valence-corrected chi connectivity index (χ4v) is 1.89. The molecule has 1 unspecified atom stereocenters. The van der Waals surface area contributed by atoms with Crippen molar-refractivity contribution in [2.24, 2.45) is 5.73 Å².